The van der Waals surface area contributed by atoms with Crippen molar-refractivity contribution < 1.29 is 13.2 Å². The van der Waals surface area contributed by atoms with Crippen molar-refractivity contribution in [3.63, 3.8) is 0 Å². The number of amides is 1. The van der Waals surface area contributed by atoms with E-state index >= 15 is 0 Å². The van der Waals surface area contributed by atoms with Crippen LogP contribution in [0.4, 0.5) is 5.69 Å². The zero-order valence-electron chi connectivity index (χ0n) is 16.2. The molecule has 1 N–H and O–H groups in total. The second-order valence-corrected chi connectivity index (χ2v) is 8.79. The van der Waals surface area contributed by atoms with Gasteiger partial charge in [-0.05, 0) is 47.9 Å². The normalized spacial score (nSPS) is 12.5. The highest BCUT2D eigenvalue weighted by Crippen LogP contribution is 2.22. The molecule has 1 amide bonds. The lowest BCUT2D eigenvalue weighted by Gasteiger charge is -2.28. The summed E-state index contributed by atoms with van der Waals surface area (Å²) in [5.74, 6) is -0.347. The third kappa shape index (κ3) is 4.34. The molecule has 0 radical (unpaired) electrons. The van der Waals surface area contributed by atoms with E-state index < -0.39 is 16.1 Å². The molecule has 0 fully saturated rings. The lowest BCUT2D eigenvalue weighted by Crippen LogP contribution is -2.47. The fraction of sp³-hybridized carbons (Fsp3) is 0.227. The van der Waals surface area contributed by atoms with Crippen LogP contribution in [-0.2, 0) is 21.4 Å². The summed E-state index contributed by atoms with van der Waals surface area (Å²) in [7, 11) is -3.62. The second kappa shape index (κ2) is 8.02. The highest BCUT2D eigenvalue weighted by atomic mass is 32.2. The van der Waals surface area contributed by atoms with E-state index in [4.69, 9.17) is 0 Å². The molecule has 0 saturated carbocycles. The molecule has 3 rings (SSSR count). The van der Waals surface area contributed by atoms with Crippen LogP contribution in [0.2, 0.25) is 0 Å². The molecule has 0 unspecified atom stereocenters. The molecule has 0 saturated heterocycles. The Morgan fingerprint density at radius 2 is 1.71 bits per heavy atom. The van der Waals surface area contributed by atoms with Crippen molar-refractivity contribution in [2.75, 3.05) is 10.6 Å². The van der Waals surface area contributed by atoms with Crippen LogP contribution in [0.3, 0.4) is 0 Å². The number of rotatable bonds is 6. The van der Waals surface area contributed by atoms with E-state index in [1.807, 2.05) is 55.5 Å². The Bertz CT molecular complexity index is 1100. The molecule has 28 heavy (non-hydrogen) atoms. The molecular formula is C22H24N2O3S. The molecule has 0 aliphatic rings. The Hall–Kier alpha value is -2.86. The number of hydrogen-bond donors (Lipinski definition) is 1. The van der Waals surface area contributed by atoms with E-state index in [2.05, 4.69) is 5.32 Å². The molecule has 0 aliphatic carbocycles. The van der Waals surface area contributed by atoms with Gasteiger partial charge in [0.15, 0.2) is 0 Å². The van der Waals surface area contributed by atoms with Crippen LogP contribution < -0.4 is 9.62 Å². The van der Waals surface area contributed by atoms with Gasteiger partial charge < -0.3 is 5.32 Å². The number of sulfonamides is 1. The SMILES string of the molecule is Cc1cccc(N([C@@H](C)C(=O)NCc2cccc3ccccc23)S(C)(=O)=O)c1. The number of carbonyl (C=O) groups is 1. The van der Waals surface area contributed by atoms with Crippen molar-refractivity contribution in [3.05, 3.63) is 77.9 Å². The maximum Gasteiger partial charge on any atom is 0.243 e. The van der Waals surface area contributed by atoms with Crippen molar-refractivity contribution in [2.24, 2.45) is 0 Å². The molecule has 0 heterocycles. The van der Waals surface area contributed by atoms with Crippen LogP contribution in [-0.4, -0.2) is 26.6 Å². The molecule has 0 aliphatic heterocycles. The van der Waals surface area contributed by atoms with Crippen LogP contribution in [0, 0.1) is 6.92 Å². The first-order valence-electron chi connectivity index (χ1n) is 9.08. The van der Waals surface area contributed by atoms with Crippen molar-refractivity contribution in [2.45, 2.75) is 26.4 Å². The largest absolute Gasteiger partial charge is 0.350 e. The fourth-order valence-corrected chi connectivity index (χ4v) is 4.52. The first-order valence-corrected chi connectivity index (χ1v) is 10.9. The topological polar surface area (TPSA) is 66.5 Å². The van der Waals surface area contributed by atoms with E-state index in [0.717, 1.165) is 28.2 Å². The summed E-state index contributed by atoms with van der Waals surface area (Å²) in [5.41, 5.74) is 2.39. The van der Waals surface area contributed by atoms with Crippen LogP contribution in [0.25, 0.3) is 10.8 Å². The van der Waals surface area contributed by atoms with E-state index in [9.17, 15) is 13.2 Å². The number of nitrogens with one attached hydrogen (secondary N) is 1. The Balaban J connectivity index is 1.82. The third-order valence-electron chi connectivity index (χ3n) is 4.68. The molecule has 1 atom stereocenters. The minimum Gasteiger partial charge on any atom is -0.350 e. The quantitative estimate of drug-likeness (QED) is 0.692. The van der Waals surface area contributed by atoms with Gasteiger partial charge >= 0.3 is 0 Å². The van der Waals surface area contributed by atoms with Gasteiger partial charge in [-0.3, -0.25) is 9.10 Å². The Morgan fingerprint density at radius 1 is 1.04 bits per heavy atom. The third-order valence-corrected chi connectivity index (χ3v) is 5.92. The van der Waals surface area contributed by atoms with Gasteiger partial charge in [-0.1, -0.05) is 54.6 Å². The Kier molecular flexibility index (Phi) is 5.70. The molecule has 6 heteroatoms. The zero-order valence-corrected chi connectivity index (χ0v) is 17.0. The number of fused-ring (bicyclic) bond motifs is 1. The summed E-state index contributed by atoms with van der Waals surface area (Å²) in [6, 6.07) is 20.1. The standard InChI is InChI=1S/C22H24N2O3S/c1-16-8-6-12-20(14-16)24(28(3,26)27)17(2)22(25)23-15-19-11-7-10-18-9-4-5-13-21(18)19/h4-14,17H,15H2,1-3H3,(H,23,25)/t17-/m0/s1. The zero-order chi connectivity index (χ0) is 20.3. The lowest BCUT2D eigenvalue weighted by molar-refractivity contribution is -0.122. The highest BCUT2D eigenvalue weighted by molar-refractivity contribution is 7.92. The molecule has 3 aromatic rings. The van der Waals surface area contributed by atoms with Crippen molar-refractivity contribution in [1.29, 1.82) is 0 Å². The predicted octanol–water partition coefficient (Wildman–Crippen LogP) is 3.62. The second-order valence-electron chi connectivity index (χ2n) is 6.93. The molecule has 5 nitrogen and oxygen atoms in total. The minimum atomic E-state index is -3.62. The lowest BCUT2D eigenvalue weighted by atomic mass is 10.0. The molecule has 146 valence electrons. The van der Waals surface area contributed by atoms with Crippen molar-refractivity contribution in [1.82, 2.24) is 5.32 Å². The maximum absolute atomic E-state index is 12.8. The predicted molar refractivity (Wildman–Crippen MR) is 114 cm³/mol. The number of carbonyl (C=O) groups excluding carboxylic acids is 1. The average molecular weight is 397 g/mol. The van der Waals surface area contributed by atoms with Gasteiger partial charge in [0.1, 0.15) is 6.04 Å². The number of hydrogen-bond acceptors (Lipinski definition) is 3. The fourth-order valence-electron chi connectivity index (χ4n) is 3.35. The maximum atomic E-state index is 12.8. The highest BCUT2D eigenvalue weighted by Gasteiger charge is 2.29. The first-order chi connectivity index (χ1) is 13.3. The summed E-state index contributed by atoms with van der Waals surface area (Å²) in [4.78, 5) is 12.8. The molecule has 0 spiro atoms. The van der Waals surface area contributed by atoms with Gasteiger partial charge in [-0.2, -0.15) is 0 Å². The summed E-state index contributed by atoms with van der Waals surface area (Å²) in [5, 5.41) is 5.05. The summed E-state index contributed by atoms with van der Waals surface area (Å²) < 4.78 is 25.9. The van der Waals surface area contributed by atoms with Gasteiger partial charge in [0, 0.05) is 6.54 Å². The Labute approximate surface area is 166 Å². The van der Waals surface area contributed by atoms with Crippen LogP contribution in [0.5, 0.6) is 0 Å². The summed E-state index contributed by atoms with van der Waals surface area (Å²) >= 11 is 0. The monoisotopic (exact) mass is 396 g/mol. The van der Waals surface area contributed by atoms with E-state index in [1.54, 1.807) is 25.1 Å². The molecule has 0 bridgehead atoms. The van der Waals surface area contributed by atoms with Crippen LogP contribution >= 0.6 is 0 Å². The van der Waals surface area contributed by atoms with Gasteiger partial charge in [-0.15, -0.1) is 0 Å². The number of nitrogens with zero attached hydrogens (tertiary/aromatic N) is 1. The van der Waals surface area contributed by atoms with Crippen molar-refractivity contribution >= 4 is 32.4 Å². The van der Waals surface area contributed by atoms with E-state index in [1.165, 1.54) is 4.31 Å². The number of benzene rings is 3. The van der Waals surface area contributed by atoms with Gasteiger partial charge in [0.05, 0.1) is 11.9 Å². The summed E-state index contributed by atoms with van der Waals surface area (Å²) in [6.45, 7) is 3.81. The first kappa shape index (κ1) is 19.9. The van der Waals surface area contributed by atoms with Gasteiger partial charge in [-0.25, -0.2) is 8.42 Å². The molecule has 3 aromatic carbocycles. The smallest absolute Gasteiger partial charge is 0.243 e. The van der Waals surface area contributed by atoms with Gasteiger partial charge in [0.2, 0.25) is 15.9 Å². The number of aryl methyl sites for hydroxylation is 1. The van der Waals surface area contributed by atoms with E-state index in [-0.39, 0.29) is 5.91 Å². The minimum absolute atomic E-state index is 0.329. The van der Waals surface area contributed by atoms with Crippen LogP contribution in [0.1, 0.15) is 18.1 Å². The van der Waals surface area contributed by atoms with E-state index in [0.29, 0.717) is 12.2 Å². The molecular weight excluding hydrogens is 372 g/mol. The van der Waals surface area contributed by atoms with Gasteiger partial charge in [0.25, 0.3) is 0 Å². The van der Waals surface area contributed by atoms with Crippen molar-refractivity contribution in [3.8, 4) is 0 Å². The molecule has 0 aromatic heterocycles. The van der Waals surface area contributed by atoms with Crippen LogP contribution in [0.15, 0.2) is 66.7 Å². The Morgan fingerprint density at radius 3 is 2.43 bits per heavy atom. The average Bonchev–Trinajstić information content (AvgIpc) is 2.65. The number of anilines is 1. The summed E-state index contributed by atoms with van der Waals surface area (Å²) in [6.07, 6.45) is 1.11.